The zero-order chi connectivity index (χ0) is 20.5. The third-order valence-corrected chi connectivity index (χ3v) is 5.80. The van der Waals surface area contributed by atoms with Gasteiger partial charge in [0.05, 0.1) is 25.0 Å². The molecule has 0 saturated carbocycles. The summed E-state index contributed by atoms with van der Waals surface area (Å²) in [6.45, 7) is 0.594. The number of fused-ring (bicyclic) bond motifs is 1. The molecule has 0 spiro atoms. The van der Waals surface area contributed by atoms with Gasteiger partial charge in [-0.3, -0.25) is 9.36 Å². The van der Waals surface area contributed by atoms with E-state index >= 15 is 0 Å². The Kier molecular flexibility index (Phi) is 6.49. The van der Waals surface area contributed by atoms with Crippen molar-refractivity contribution >= 4 is 29.7 Å². The summed E-state index contributed by atoms with van der Waals surface area (Å²) in [5.74, 6) is -0.940. The lowest BCUT2D eigenvalue weighted by Crippen LogP contribution is -2.26. The second kappa shape index (κ2) is 8.90. The monoisotopic (exact) mass is 453 g/mol. The largest absolute Gasteiger partial charge is 0.348 e. The topological polar surface area (TPSA) is 94.9 Å². The summed E-state index contributed by atoms with van der Waals surface area (Å²) in [5, 5.41) is 6.61. The van der Waals surface area contributed by atoms with Crippen molar-refractivity contribution in [3.8, 4) is 10.4 Å². The average Bonchev–Trinajstić information content (AvgIpc) is 3.41. The molecule has 0 radical (unpaired) electrons. The highest BCUT2D eigenvalue weighted by Crippen LogP contribution is 2.32. The van der Waals surface area contributed by atoms with Crippen LogP contribution in [-0.2, 0) is 19.6 Å². The van der Waals surface area contributed by atoms with E-state index in [9.17, 15) is 18.4 Å². The maximum Gasteiger partial charge on any atom is 0.346 e. The molecule has 0 fully saturated rings. The zero-order valence-electron chi connectivity index (χ0n) is 15.6. The van der Waals surface area contributed by atoms with Crippen LogP contribution in [0.25, 0.3) is 10.4 Å². The predicted molar refractivity (Wildman–Crippen MR) is 112 cm³/mol. The Hall–Kier alpha value is -2.82. The van der Waals surface area contributed by atoms with Crippen molar-refractivity contribution in [2.24, 2.45) is 5.73 Å². The molecule has 1 aromatic carbocycles. The summed E-state index contributed by atoms with van der Waals surface area (Å²) < 4.78 is 29.5. The smallest absolute Gasteiger partial charge is 0.346 e. The quantitative estimate of drug-likeness (QED) is 0.599. The van der Waals surface area contributed by atoms with Crippen molar-refractivity contribution < 1.29 is 13.6 Å². The van der Waals surface area contributed by atoms with Crippen molar-refractivity contribution in [1.29, 1.82) is 0 Å². The fourth-order valence-corrected chi connectivity index (χ4v) is 4.17. The molecular weight excluding hydrogens is 436 g/mol. The molecule has 1 aliphatic rings. The van der Waals surface area contributed by atoms with Crippen LogP contribution in [0.5, 0.6) is 0 Å². The van der Waals surface area contributed by atoms with Gasteiger partial charge >= 0.3 is 5.69 Å². The number of carbonyl (C=O) groups excluding carboxylic acids is 1. The maximum absolute atomic E-state index is 14.3. The van der Waals surface area contributed by atoms with Gasteiger partial charge in [-0.25, -0.2) is 18.3 Å². The van der Waals surface area contributed by atoms with Crippen LogP contribution in [0, 0.1) is 5.82 Å². The molecule has 0 atom stereocenters. The third-order valence-electron chi connectivity index (χ3n) is 4.68. The number of hydrogen-bond donors (Lipinski definition) is 2. The van der Waals surface area contributed by atoms with E-state index in [-0.39, 0.29) is 48.9 Å². The van der Waals surface area contributed by atoms with Gasteiger partial charge in [-0.2, -0.15) is 5.10 Å². The standard InChI is InChI=1S/C19H17F2N5O2S.ClH/c20-5-11(6-22)8-26-19(28)25(10-24-26)9-14-1-2-16(29-14)12-3-13-7-23-18(27)17(13)15(21)4-12;/h1-5,10H,6-9,22H2,(H,23,27);1H/b11-5+;. The highest BCUT2D eigenvalue weighted by Gasteiger charge is 2.24. The number of nitrogens with two attached hydrogens (primary N) is 1. The Bertz CT molecular complexity index is 1180. The fraction of sp³-hybridized carbons (Fsp3) is 0.211. The Morgan fingerprint density at radius 1 is 1.33 bits per heavy atom. The van der Waals surface area contributed by atoms with Crippen LogP contribution in [0.4, 0.5) is 8.78 Å². The van der Waals surface area contributed by atoms with Gasteiger partial charge in [0.15, 0.2) is 0 Å². The van der Waals surface area contributed by atoms with Gasteiger partial charge in [-0.15, -0.1) is 23.7 Å². The molecule has 0 aliphatic carbocycles. The van der Waals surface area contributed by atoms with Gasteiger partial charge in [0, 0.05) is 22.8 Å². The second-order valence-electron chi connectivity index (χ2n) is 6.61. The molecule has 0 saturated heterocycles. The molecule has 3 aromatic rings. The molecule has 1 aliphatic heterocycles. The highest BCUT2D eigenvalue weighted by atomic mass is 35.5. The lowest BCUT2D eigenvalue weighted by atomic mass is 10.0. The minimum atomic E-state index is -0.545. The van der Waals surface area contributed by atoms with Gasteiger partial charge in [0.2, 0.25) is 0 Å². The molecule has 30 heavy (non-hydrogen) atoms. The van der Waals surface area contributed by atoms with Crippen LogP contribution in [0.2, 0.25) is 0 Å². The number of thiophene rings is 1. The van der Waals surface area contributed by atoms with Gasteiger partial charge in [0.1, 0.15) is 12.1 Å². The van der Waals surface area contributed by atoms with E-state index in [1.807, 2.05) is 12.1 Å². The van der Waals surface area contributed by atoms with Crippen molar-refractivity contribution in [2.45, 2.75) is 19.6 Å². The number of benzene rings is 1. The molecule has 158 valence electrons. The van der Waals surface area contributed by atoms with Crippen molar-refractivity contribution in [1.82, 2.24) is 19.7 Å². The Balaban J connectivity index is 0.00000256. The molecule has 11 heteroatoms. The van der Waals surface area contributed by atoms with Crippen LogP contribution in [-0.4, -0.2) is 26.8 Å². The van der Waals surface area contributed by atoms with E-state index in [2.05, 4.69) is 10.4 Å². The normalized spacial score (nSPS) is 13.2. The first-order chi connectivity index (χ1) is 14.0. The number of carbonyl (C=O) groups is 1. The number of halogens is 3. The summed E-state index contributed by atoms with van der Waals surface area (Å²) in [6.07, 6.45) is 1.77. The molecule has 2 aromatic heterocycles. The molecule has 0 bridgehead atoms. The summed E-state index contributed by atoms with van der Waals surface area (Å²) in [5.41, 5.74) is 6.72. The molecule has 3 heterocycles. The number of rotatable bonds is 6. The Labute approximate surface area is 180 Å². The van der Waals surface area contributed by atoms with Crippen molar-refractivity contribution in [3.63, 3.8) is 0 Å². The van der Waals surface area contributed by atoms with Crippen molar-refractivity contribution in [2.75, 3.05) is 6.54 Å². The first-order valence-corrected chi connectivity index (χ1v) is 9.62. The predicted octanol–water partition coefficient (Wildman–Crippen LogP) is 2.44. The van der Waals surface area contributed by atoms with Gasteiger partial charge in [-0.1, -0.05) is 0 Å². The highest BCUT2D eigenvalue weighted by molar-refractivity contribution is 7.15. The summed E-state index contributed by atoms with van der Waals surface area (Å²) in [7, 11) is 0. The first kappa shape index (κ1) is 21.9. The van der Waals surface area contributed by atoms with E-state index in [1.54, 1.807) is 6.07 Å². The van der Waals surface area contributed by atoms with E-state index in [4.69, 9.17) is 5.73 Å². The van der Waals surface area contributed by atoms with Gasteiger partial charge in [-0.05, 0) is 41.0 Å². The molecule has 7 nitrogen and oxygen atoms in total. The molecule has 1 amide bonds. The van der Waals surface area contributed by atoms with Gasteiger partial charge in [0.25, 0.3) is 5.91 Å². The summed E-state index contributed by atoms with van der Waals surface area (Å²) in [6, 6.07) is 6.85. The molecular formula is C19H18ClF2N5O2S. The lowest BCUT2D eigenvalue weighted by Gasteiger charge is -2.03. The molecule has 0 unspecified atom stereocenters. The number of hydrogen-bond acceptors (Lipinski definition) is 5. The van der Waals surface area contributed by atoms with Crippen LogP contribution < -0.4 is 16.7 Å². The van der Waals surface area contributed by atoms with E-state index in [0.29, 0.717) is 24.0 Å². The average molecular weight is 454 g/mol. The summed E-state index contributed by atoms with van der Waals surface area (Å²) in [4.78, 5) is 25.8. The fourth-order valence-electron chi connectivity index (χ4n) is 3.17. The SMILES string of the molecule is Cl.NC/C(=C\F)Cn1ncn(Cc2ccc(-c3cc(F)c4c(c3)CNC4=O)s2)c1=O. The minimum Gasteiger partial charge on any atom is -0.348 e. The van der Waals surface area contributed by atoms with E-state index < -0.39 is 11.7 Å². The van der Waals surface area contributed by atoms with E-state index in [1.165, 1.54) is 28.3 Å². The number of nitrogens with one attached hydrogen (secondary N) is 1. The summed E-state index contributed by atoms with van der Waals surface area (Å²) >= 11 is 1.42. The van der Waals surface area contributed by atoms with Crippen LogP contribution in [0.15, 0.2) is 47.3 Å². The zero-order valence-corrected chi connectivity index (χ0v) is 17.2. The number of aromatic nitrogens is 3. The van der Waals surface area contributed by atoms with Crippen molar-refractivity contribution in [3.05, 3.63) is 74.8 Å². The minimum absolute atomic E-state index is 0. The molecule has 4 rings (SSSR count). The van der Waals surface area contributed by atoms with Crippen LogP contribution in [0.1, 0.15) is 20.8 Å². The van der Waals surface area contributed by atoms with E-state index in [0.717, 1.165) is 14.4 Å². The second-order valence-corrected chi connectivity index (χ2v) is 7.78. The Morgan fingerprint density at radius 3 is 2.87 bits per heavy atom. The molecule has 3 N–H and O–H groups in total. The number of nitrogens with zero attached hydrogens (tertiary/aromatic N) is 3. The van der Waals surface area contributed by atoms with Crippen LogP contribution in [0.3, 0.4) is 0 Å². The number of amides is 1. The third kappa shape index (κ3) is 4.07. The first-order valence-electron chi connectivity index (χ1n) is 8.80. The Morgan fingerprint density at radius 2 is 2.13 bits per heavy atom. The van der Waals surface area contributed by atoms with Crippen LogP contribution >= 0.6 is 23.7 Å². The van der Waals surface area contributed by atoms with Gasteiger partial charge < -0.3 is 11.1 Å². The lowest BCUT2D eigenvalue weighted by molar-refractivity contribution is 0.0962. The maximum atomic E-state index is 14.3.